The van der Waals surface area contributed by atoms with Crippen LogP contribution in [0.15, 0.2) is 72.9 Å². The minimum Gasteiger partial charge on any atom is -0.336 e. The van der Waals surface area contributed by atoms with Gasteiger partial charge in [0.2, 0.25) is 11.8 Å². The average Bonchev–Trinajstić information content (AvgIpc) is 3.21. The molecule has 2 amide bonds. The van der Waals surface area contributed by atoms with E-state index in [1.165, 1.54) is 4.90 Å². The van der Waals surface area contributed by atoms with Crippen LogP contribution in [0.1, 0.15) is 23.1 Å². The summed E-state index contributed by atoms with van der Waals surface area (Å²) in [5, 5.41) is 3.66. The van der Waals surface area contributed by atoms with E-state index < -0.39 is 5.41 Å². The highest BCUT2D eigenvalue weighted by Crippen LogP contribution is 2.33. The smallest absolute Gasteiger partial charge is 0.245 e. The first-order valence-corrected chi connectivity index (χ1v) is 11.5. The van der Waals surface area contributed by atoms with Crippen molar-refractivity contribution in [2.45, 2.75) is 25.7 Å². The first kappa shape index (κ1) is 22.6. The Morgan fingerprint density at radius 3 is 2.52 bits per heavy atom. The second kappa shape index (κ2) is 9.50. The number of carbonyl (C=O) groups excluding carboxylic acids is 2. The van der Waals surface area contributed by atoms with Crippen LogP contribution in [0.25, 0.3) is 10.2 Å². The number of aryl methyl sites for hydroxylation is 1. The number of anilines is 1. The van der Waals surface area contributed by atoms with Gasteiger partial charge >= 0.3 is 0 Å². The number of rotatable bonds is 7. The number of fused-ring (bicyclic) bond motifs is 1. The Morgan fingerprint density at radius 1 is 1.06 bits per heavy atom. The zero-order chi connectivity index (χ0) is 23.4. The van der Waals surface area contributed by atoms with Crippen LogP contribution in [0.3, 0.4) is 0 Å². The highest BCUT2D eigenvalue weighted by atomic mass is 32.1. The number of benzene rings is 2. The van der Waals surface area contributed by atoms with Gasteiger partial charge in [-0.25, -0.2) is 9.97 Å². The molecule has 0 aliphatic heterocycles. The summed E-state index contributed by atoms with van der Waals surface area (Å²) in [6.45, 7) is 3.78. The molecule has 0 saturated carbocycles. The molecule has 0 aliphatic rings. The van der Waals surface area contributed by atoms with Gasteiger partial charge in [0.05, 0.1) is 27.2 Å². The Labute approximate surface area is 197 Å². The molecule has 0 aliphatic carbocycles. The molecule has 4 aromatic rings. The van der Waals surface area contributed by atoms with Crippen molar-refractivity contribution < 1.29 is 9.59 Å². The fourth-order valence-electron chi connectivity index (χ4n) is 3.90. The van der Waals surface area contributed by atoms with Gasteiger partial charge in [-0.3, -0.25) is 9.59 Å². The summed E-state index contributed by atoms with van der Waals surface area (Å²) in [4.78, 5) is 36.7. The van der Waals surface area contributed by atoms with Crippen molar-refractivity contribution in [3.05, 3.63) is 89.1 Å². The van der Waals surface area contributed by atoms with Gasteiger partial charge in [-0.15, -0.1) is 11.3 Å². The molecule has 1 unspecified atom stereocenters. The van der Waals surface area contributed by atoms with Crippen molar-refractivity contribution in [1.29, 1.82) is 0 Å². The van der Waals surface area contributed by atoms with Crippen molar-refractivity contribution in [3.8, 4) is 0 Å². The molecule has 33 heavy (non-hydrogen) atoms. The molecule has 0 saturated heterocycles. The third kappa shape index (κ3) is 5.09. The molecular weight excluding hydrogens is 432 g/mol. The molecule has 2 aromatic carbocycles. The maximum Gasteiger partial charge on any atom is 0.245 e. The van der Waals surface area contributed by atoms with Gasteiger partial charge in [-0.05, 0) is 49.2 Å². The fraction of sp³-hybridized carbons (Fsp3) is 0.231. The van der Waals surface area contributed by atoms with Crippen LogP contribution in [0.5, 0.6) is 0 Å². The SMILES string of the molecule is Cc1ccnc(NC(=O)CN(C)C(=O)C(C)(Cc2nc3ccccc3s2)c2ccccc2)c1. The van der Waals surface area contributed by atoms with E-state index >= 15 is 0 Å². The Balaban J connectivity index is 1.57. The molecule has 6 nitrogen and oxygen atoms in total. The maximum absolute atomic E-state index is 13.7. The number of para-hydroxylation sites is 1. The lowest BCUT2D eigenvalue weighted by Gasteiger charge is -2.32. The molecular formula is C26H26N4O2S. The van der Waals surface area contributed by atoms with Crippen LogP contribution in [-0.4, -0.2) is 40.3 Å². The standard InChI is InChI=1S/C26H26N4O2S/c1-18-13-14-27-22(15-18)29-23(31)17-30(3)25(32)26(2,19-9-5-4-6-10-19)16-24-28-20-11-7-8-12-21(20)33-24/h4-15H,16-17H2,1-3H3,(H,27,29,31). The number of thiazole rings is 1. The van der Waals surface area contributed by atoms with Crippen molar-refractivity contribution in [2.75, 3.05) is 18.9 Å². The van der Waals surface area contributed by atoms with Gasteiger partial charge in [0, 0.05) is 19.7 Å². The van der Waals surface area contributed by atoms with E-state index in [4.69, 9.17) is 4.98 Å². The van der Waals surface area contributed by atoms with Crippen LogP contribution in [0.4, 0.5) is 5.82 Å². The van der Waals surface area contributed by atoms with Gasteiger partial charge < -0.3 is 10.2 Å². The monoisotopic (exact) mass is 458 g/mol. The van der Waals surface area contributed by atoms with Crippen molar-refractivity contribution in [2.24, 2.45) is 0 Å². The molecule has 0 radical (unpaired) electrons. The second-order valence-electron chi connectivity index (χ2n) is 8.38. The van der Waals surface area contributed by atoms with Gasteiger partial charge in [0.25, 0.3) is 0 Å². The predicted octanol–water partition coefficient (Wildman–Crippen LogP) is 4.60. The third-order valence-electron chi connectivity index (χ3n) is 5.64. The van der Waals surface area contributed by atoms with Crippen LogP contribution < -0.4 is 5.32 Å². The quantitative estimate of drug-likeness (QED) is 0.439. The van der Waals surface area contributed by atoms with Crippen molar-refractivity contribution in [3.63, 3.8) is 0 Å². The summed E-state index contributed by atoms with van der Waals surface area (Å²) >= 11 is 1.60. The molecule has 0 spiro atoms. The summed E-state index contributed by atoms with van der Waals surface area (Å²) < 4.78 is 1.09. The Kier molecular flexibility index (Phi) is 6.51. The highest BCUT2D eigenvalue weighted by molar-refractivity contribution is 7.18. The van der Waals surface area contributed by atoms with Gasteiger partial charge in [-0.1, -0.05) is 42.5 Å². The number of pyridine rings is 1. The molecule has 4 rings (SSSR count). The van der Waals surface area contributed by atoms with E-state index in [9.17, 15) is 9.59 Å². The Morgan fingerprint density at radius 2 is 1.79 bits per heavy atom. The summed E-state index contributed by atoms with van der Waals surface area (Å²) in [7, 11) is 1.66. The Hall–Kier alpha value is -3.58. The number of likely N-dealkylation sites (N-methyl/N-ethyl adjacent to an activating group) is 1. The summed E-state index contributed by atoms with van der Waals surface area (Å²) in [6, 6.07) is 21.3. The summed E-state index contributed by atoms with van der Waals surface area (Å²) in [5.74, 6) is 0.0424. The molecule has 2 aromatic heterocycles. The number of hydrogen-bond acceptors (Lipinski definition) is 5. The normalized spacial score (nSPS) is 12.8. The van der Waals surface area contributed by atoms with Crippen molar-refractivity contribution >= 4 is 39.2 Å². The number of aromatic nitrogens is 2. The predicted molar refractivity (Wildman–Crippen MR) is 132 cm³/mol. The molecule has 1 N–H and O–H groups in total. The molecule has 0 fully saturated rings. The zero-order valence-electron chi connectivity index (χ0n) is 18.9. The number of amides is 2. The number of nitrogens with zero attached hydrogens (tertiary/aromatic N) is 3. The van der Waals surface area contributed by atoms with Gasteiger partial charge in [-0.2, -0.15) is 0 Å². The second-order valence-corrected chi connectivity index (χ2v) is 9.49. The highest BCUT2D eigenvalue weighted by Gasteiger charge is 2.39. The van der Waals surface area contributed by atoms with E-state index in [2.05, 4.69) is 10.3 Å². The lowest BCUT2D eigenvalue weighted by Crippen LogP contribution is -2.47. The maximum atomic E-state index is 13.7. The van der Waals surface area contributed by atoms with E-state index in [1.807, 2.05) is 74.5 Å². The molecule has 1 atom stereocenters. The zero-order valence-corrected chi connectivity index (χ0v) is 19.7. The minimum atomic E-state index is -0.869. The van der Waals surface area contributed by atoms with Crippen LogP contribution in [0, 0.1) is 6.92 Å². The third-order valence-corrected chi connectivity index (χ3v) is 6.67. The topological polar surface area (TPSA) is 75.2 Å². The first-order valence-electron chi connectivity index (χ1n) is 10.7. The van der Waals surface area contributed by atoms with Gasteiger partial charge in [0.15, 0.2) is 0 Å². The number of nitrogens with one attached hydrogen (secondary N) is 1. The Bertz CT molecular complexity index is 1250. The van der Waals surface area contributed by atoms with E-state index in [1.54, 1.807) is 30.6 Å². The van der Waals surface area contributed by atoms with E-state index in [0.29, 0.717) is 12.2 Å². The lowest BCUT2D eigenvalue weighted by atomic mass is 9.78. The molecule has 7 heteroatoms. The number of carbonyl (C=O) groups is 2. The minimum absolute atomic E-state index is 0.0727. The lowest BCUT2D eigenvalue weighted by molar-refractivity contribution is -0.138. The van der Waals surface area contributed by atoms with Crippen LogP contribution in [-0.2, 0) is 21.4 Å². The molecule has 168 valence electrons. The largest absolute Gasteiger partial charge is 0.336 e. The van der Waals surface area contributed by atoms with Crippen LogP contribution in [0.2, 0.25) is 0 Å². The molecule has 0 bridgehead atoms. The van der Waals surface area contributed by atoms with Gasteiger partial charge in [0.1, 0.15) is 5.82 Å². The fourth-order valence-corrected chi connectivity index (χ4v) is 5.02. The van der Waals surface area contributed by atoms with E-state index in [0.717, 1.165) is 26.4 Å². The molecule has 2 heterocycles. The van der Waals surface area contributed by atoms with Crippen molar-refractivity contribution in [1.82, 2.24) is 14.9 Å². The number of hydrogen-bond donors (Lipinski definition) is 1. The average molecular weight is 459 g/mol. The van der Waals surface area contributed by atoms with E-state index in [-0.39, 0.29) is 18.4 Å². The summed E-state index contributed by atoms with van der Waals surface area (Å²) in [6.07, 6.45) is 2.09. The first-order chi connectivity index (χ1) is 15.8. The summed E-state index contributed by atoms with van der Waals surface area (Å²) in [5.41, 5.74) is 1.95. The van der Waals surface area contributed by atoms with Crippen LogP contribution >= 0.6 is 11.3 Å².